The zero-order chi connectivity index (χ0) is 19.5. The number of amides is 2. The molecule has 0 saturated heterocycles. The van der Waals surface area contributed by atoms with Crippen LogP contribution in [0.2, 0.25) is 0 Å². The van der Waals surface area contributed by atoms with Crippen molar-refractivity contribution in [3.05, 3.63) is 71.9 Å². The van der Waals surface area contributed by atoms with Gasteiger partial charge in [0.15, 0.2) is 0 Å². The van der Waals surface area contributed by atoms with Crippen LogP contribution in [-0.2, 0) is 0 Å². The Hall–Kier alpha value is -3.02. The van der Waals surface area contributed by atoms with E-state index in [0.717, 1.165) is 42.1 Å². The summed E-state index contributed by atoms with van der Waals surface area (Å²) in [7, 11) is 0. The topological polar surface area (TPSA) is 54.0 Å². The van der Waals surface area contributed by atoms with Gasteiger partial charge in [-0.15, -0.1) is 0 Å². The second-order valence-electron chi connectivity index (χ2n) is 7.22. The molecule has 1 fully saturated rings. The SMILES string of the molecule is O=C(Nc1ccc(F)cc1)N[C@H]1CC[C@H](c2ccnc3ccc(F)cc32)CC1. The van der Waals surface area contributed by atoms with E-state index in [1.807, 2.05) is 6.07 Å². The summed E-state index contributed by atoms with van der Waals surface area (Å²) < 4.78 is 26.6. The zero-order valence-electron chi connectivity index (χ0n) is 15.3. The summed E-state index contributed by atoms with van der Waals surface area (Å²) in [6, 6.07) is 12.1. The van der Waals surface area contributed by atoms with Gasteiger partial charge in [-0.05, 0) is 85.7 Å². The maximum absolute atomic E-state index is 13.7. The summed E-state index contributed by atoms with van der Waals surface area (Å²) in [4.78, 5) is 16.5. The molecule has 4 rings (SSSR count). The summed E-state index contributed by atoms with van der Waals surface area (Å²) in [5.41, 5.74) is 2.48. The van der Waals surface area contributed by atoms with Crippen molar-refractivity contribution in [1.82, 2.24) is 10.3 Å². The first-order chi connectivity index (χ1) is 13.6. The van der Waals surface area contributed by atoms with Gasteiger partial charge in [-0.25, -0.2) is 13.6 Å². The van der Waals surface area contributed by atoms with Gasteiger partial charge in [0.05, 0.1) is 5.52 Å². The van der Waals surface area contributed by atoms with Gasteiger partial charge in [0, 0.05) is 23.3 Å². The molecular weight excluding hydrogens is 360 g/mol. The second kappa shape index (κ2) is 7.92. The Morgan fingerprint density at radius 1 is 0.929 bits per heavy atom. The Bertz CT molecular complexity index is 983. The normalized spacial score (nSPS) is 19.4. The quantitative estimate of drug-likeness (QED) is 0.642. The molecule has 3 aromatic rings. The number of anilines is 1. The van der Waals surface area contributed by atoms with Crippen LogP contribution in [0.5, 0.6) is 0 Å². The molecule has 1 aliphatic carbocycles. The number of fused-ring (bicyclic) bond motifs is 1. The smallest absolute Gasteiger partial charge is 0.319 e. The average Bonchev–Trinajstić information content (AvgIpc) is 2.70. The van der Waals surface area contributed by atoms with Gasteiger partial charge in [0.25, 0.3) is 0 Å². The van der Waals surface area contributed by atoms with E-state index in [1.165, 1.54) is 30.3 Å². The summed E-state index contributed by atoms with van der Waals surface area (Å²) >= 11 is 0. The van der Waals surface area contributed by atoms with Crippen LogP contribution in [0.15, 0.2) is 54.7 Å². The summed E-state index contributed by atoms with van der Waals surface area (Å²) in [6.45, 7) is 0. The van der Waals surface area contributed by atoms with Crippen molar-refractivity contribution in [2.45, 2.75) is 37.6 Å². The largest absolute Gasteiger partial charge is 0.335 e. The third-order valence-electron chi connectivity index (χ3n) is 5.34. The Labute approximate surface area is 162 Å². The zero-order valence-corrected chi connectivity index (χ0v) is 15.3. The van der Waals surface area contributed by atoms with Gasteiger partial charge in [0.1, 0.15) is 11.6 Å². The van der Waals surface area contributed by atoms with Crippen molar-refractivity contribution < 1.29 is 13.6 Å². The predicted molar refractivity (Wildman–Crippen MR) is 105 cm³/mol. The molecule has 0 radical (unpaired) electrons. The molecule has 28 heavy (non-hydrogen) atoms. The Morgan fingerprint density at radius 2 is 1.64 bits per heavy atom. The highest BCUT2D eigenvalue weighted by Crippen LogP contribution is 2.36. The highest BCUT2D eigenvalue weighted by atomic mass is 19.1. The number of rotatable bonds is 3. The molecule has 0 spiro atoms. The minimum Gasteiger partial charge on any atom is -0.335 e. The van der Waals surface area contributed by atoms with E-state index in [0.29, 0.717) is 11.6 Å². The number of hydrogen-bond donors (Lipinski definition) is 2. The summed E-state index contributed by atoms with van der Waals surface area (Å²) in [5.74, 6) is -0.270. The minimum absolute atomic E-state index is 0.0848. The number of hydrogen-bond acceptors (Lipinski definition) is 2. The fraction of sp³-hybridized carbons (Fsp3) is 0.273. The highest BCUT2D eigenvalue weighted by Gasteiger charge is 2.25. The van der Waals surface area contributed by atoms with Gasteiger partial charge < -0.3 is 10.6 Å². The number of pyridine rings is 1. The van der Waals surface area contributed by atoms with Crippen molar-refractivity contribution in [3.8, 4) is 0 Å². The number of aromatic nitrogens is 1. The molecule has 1 aromatic heterocycles. The molecule has 2 aromatic carbocycles. The van der Waals surface area contributed by atoms with Gasteiger partial charge in [0.2, 0.25) is 0 Å². The van der Waals surface area contributed by atoms with Crippen LogP contribution in [0.4, 0.5) is 19.3 Å². The number of nitrogens with zero attached hydrogens (tertiary/aromatic N) is 1. The number of carbonyl (C=O) groups excluding carboxylic acids is 1. The summed E-state index contributed by atoms with van der Waals surface area (Å²) in [6.07, 6.45) is 5.30. The fourth-order valence-electron chi connectivity index (χ4n) is 3.93. The number of benzene rings is 2. The molecule has 4 nitrogen and oxygen atoms in total. The molecule has 1 aliphatic rings. The minimum atomic E-state index is -0.340. The van der Waals surface area contributed by atoms with E-state index >= 15 is 0 Å². The van der Waals surface area contributed by atoms with Crippen molar-refractivity contribution in [1.29, 1.82) is 0 Å². The van der Waals surface area contributed by atoms with E-state index in [-0.39, 0.29) is 23.7 Å². The lowest BCUT2D eigenvalue weighted by atomic mass is 9.80. The van der Waals surface area contributed by atoms with Crippen LogP contribution in [0.1, 0.15) is 37.2 Å². The lowest BCUT2D eigenvalue weighted by Crippen LogP contribution is -2.39. The lowest BCUT2D eigenvalue weighted by molar-refractivity contribution is 0.242. The first-order valence-corrected chi connectivity index (χ1v) is 9.46. The highest BCUT2D eigenvalue weighted by molar-refractivity contribution is 5.89. The van der Waals surface area contributed by atoms with Crippen LogP contribution in [-0.4, -0.2) is 17.1 Å². The molecule has 0 unspecified atom stereocenters. The van der Waals surface area contributed by atoms with Crippen molar-refractivity contribution in [3.63, 3.8) is 0 Å². The predicted octanol–water partition coefficient (Wildman–Crippen LogP) is 5.36. The maximum atomic E-state index is 13.7. The standard InChI is InChI=1S/C22H21F2N3O/c23-15-3-8-18(9-4-15)27-22(28)26-17-6-1-14(2-7-17)19-11-12-25-21-10-5-16(24)13-20(19)21/h3-5,8-14,17H,1-2,6-7H2,(H2,26,27,28)/t14-,17-. The Kier molecular flexibility index (Phi) is 5.19. The first kappa shape index (κ1) is 18.3. The Balaban J connectivity index is 1.36. The van der Waals surface area contributed by atoms with Crippen LogP contribution in [0.25, 0.3) is 10.9 Å². The van der Waals surface area contributed by atoms with E-state index in [2.05, 4.69) is 15.6 Å². The molecule has 2 N–H and O–H groups in total. The maximum Gasteiger partial charge on any atom is 0.319 e. The monoisotopic (exact) mass is 381 g/mol. The van der Waals surface area contributed by atoms with E-state index in [9.17, 15) is 13.6 Å². The molecular formula is C22H21F2N3O. The summed E-state index contributed by atoms with van der Waals surface area (Å²) in [5, 5.41) is 6.58. The molecule has 144 valence electrons. The fourth-order valence-corrected chi connectivity index (χ4v) is 3.93. The first-order valence-electron chi connectivity index (χ1n) is 9.46. The van der Waals surface area contributed by atoms with Crippen LogP contribution < -0.4 is 10.6 Å². The van der Waals surface area contributed by atoms with Crippen LogP contribution in [0, 0.1) is 11.6 Å². The third kappa shape index (κ3) is 4.11. The van der Waals surface area contributed by atoms with E-state index in [4.69, 9.17) is 0 Å². The van der Waals surface area contributed by atoms with Crippen LogP contribution >= 0.6 is 0 Å². The molecule has 1 heterocycles. The molecule has 0 bridgehead atoms. The third-order valence-corrected chi connectivity index (χ3v) is 5.34. The van der Waals surface area contributed by atoms with Crippen molar-refractivity contribution in [2.24, 2.45) is 0 Å². The molecule has 6 heteroatoms. The molecule has 0 aliphatic heterocycles. The lowest BCUT2D eigenvalue weighted by Gasteiger charge is -2.30. The second-order valence-corrected chi connectivity index (χ2v) is 7.22. The number of carbonyl (C=O) groups is 1. The molecule has 1 saturated carbocycles. The number of nitrogens with one attached hydrogen (secondary N) is 2. The van der Waals surface area contributed by atoms with Crippen LogP contribution in [0.3, 0.4) is 0 Å². The Morgan fingerprint density at radius 3 is 2.39 bits per heavy atom. The average molecular weight is 381 g/mol. The molecule has 0 atom stereocenters. The van der Waals surface area contributed by atoms with Gasteiger partial charge in [-0.3, -0.25) is 4.98 Å². The molecule has 2 amide bonds. The van der Waals surface area contributed by atoms with Gasteiger partial charge in [-0.2, -0.15) is 0 Å². The van der Waals surface area contributed by atoms with E-state index in [1.54, 1.807) is 18.3 Å². The number of halogens is 2. The van der Waals surface area contributed by atoms with Crippen molar-refractivity contribution in [2.75, 3.05) is 5.32 Å². The van der Waals surface area contributed by atoms with Gasteiger partial charge >= 0.3 is 6.03 Å². The van der Waals surface area contributed by atoms with Gasteiger partial charge in [-0.1, -0.05) is 0 Å². The van der Waals surface area contributed by atoms with E-state index < -0.39 is 0 Å². The number of urea groups is 1. The van der Waals surface area contributed by atoms with Crippen molar-refractivity contribution >= 4 is 22.6 Å².